The van der Waals surface area contributed by atoms with E-state index in [1.165, 1.54) is 20.9 Å². The molecule has 270 valence electrons. The van der Waals surface area contributed by atoms with E-state index >= 15 is 0 Å². The zero-order valence-electron chi connectivity index (χ0n) is 28.7. The standard InChI is InChI=1S/C34H46N8O8/c1-5-23(17-37)40-32(46)26-15-21-6-8-28(49-12-10-35)24(14-21)25-16-22(7-9-29(25)50-13-11-36)30(33(47)38-19(2)31(45)41-26)42(4)34(48)27(18-43)39-20(3)44/h6-9,14,16,19,23,26-27,30,43H,5,10-13,15,18,35-36H2,1-4H3,(H,38,47)(H,39,44)(H,40,46)(H,41,45)/t19-,23-,26-,27-,30-/m0/s1. The van der Waals surface area contributed by atoms with Crippen molar-refractivity contribution in [1.82, 2.24) is 26.2 Å². The van der Waals surface area contributed by atoms with E-state index in [2.05, 4.69) is 21.3 Å². The lowest BCUT2D eigenvalue weighted by molar-refractivity contribution is -0.143. The lowest BCUT2D eigenvalue weighted by Gasteiger charge is -2.32. The van der Waals surface area contributed by atoms with Crippen molar-refractivity contribution in [2.24, 2.45) is 11.5 Å². The van der Waals surface area contributed by atoms with Gasteiger partial charge in [0.15, 0.2) is 0 Å². The minimum Gasteiger partial charge on any atom is -0.492 e. The van der Waals surface area contributed by atoms with Crippen LogP contribution in [-0.4, -0.2) is 104 Å². The number of nitrogens with zero attached hydrogens (tertiary/aromatic N) is 2. The molecular weight excluding hydrogens is 648 g/mol. The fourth-order valence-electron chi connectivity index (χ4n) is 5.38. The third-order valence-electron chi connectivity index (χ3n) is 7.95. The topological polar surface area (TPSA) is 251 Å². The number of nitriles is 1. The number of aliphatic hydroxyl groups is 1. The molecule has 0 unspecified atom stereocenters. The Kier molecular flexibility index (Phi) is 14.5. The number of benzene rings is 2. The number of fused-ring (bicyclic) bond motifs is 5. The van der Waals surface area contributed by atoms with Crippen LogP contribution in [-0.2, 0) is 30.4 Å². The summed E-state index contributed by atoms with van der Waals surface area (Å²) < 4.78 is 12.0. The second-order valence-corrected chi connectivity index (χ2v) is 11.7. The summed E-state index contributed by atoms with van der Waals surface area (Å²) >= 11 is 0. The first kappa shape index (κ1) is 39.2. The highest BCUT2D eigenvalue weighted by molar-refractivity contribution is 5.96. The second-order valence-electron chi connectivity index (χ2n) is 11.7. The van der Waals surface area contributed by atoms with Crippen LogP contribution in [0.1, 0.15) is 44.4 Å². The molecule has 2 aromatic carbocycles. The molecule has 3 rings (SSSR count). The van der Waals surface area contributed by atoms with Crippen molar-refractivity contribution < 1.29 is 38.6 Å². The van der Waals surface area contributed by atoms with Crippen LogP contribution in [0.2, 0.25) is 0 Å². The molecule has 1 heterocycles. The fraction of sp³-hybridized carbons (Fsp3) is 0.471. The van der Waals surface area contributed by atoms with Crippen LogP contribution >= 0.6 is 0 Å². The van der Waals surface area contributed by atoms with Crippen molar-refractivity contribution in [1.29, 1.82) is 5.26 Å². The first-order valence-corrected chi connectivity index (χ1v) is 16.3. The van der Waals surface area contributed by atoms with Crippen LogP contribution in [0.3, 0.4) is 0 Å². The Hall–Kier alpha value is -5.24. The maximum atomic E-state index is 14.1. The van der Waals surface area contributed by atoms with E-state index in [1.807, 2.05) is 6.07 Å². The number of amides is 5. The largest absolute Gasteiger partial charge is 0.492 e. The first-order valence-electron chi connectivity index (χ1n) is 16.3. The average Bonchev–Trinajstić information content (AvgIpc) is 3.10. The molecule has 2 aromatic rings. The third kappa shape index (κ3) is 9.91. The molecule has 16 heteroatoms. The van der Waals surface area contributed by atoms with Gasteiger partial charge in [-0.05, 0) is 48.7 Å². The number of nitrogens with one attached hydrogen (secondary N) is 4. The molecule has 1 aliphatic heterocycles. The summed E-state index contributed by atoms with van der Waals surface area (Å²) in [5.41, 5.74) is 13.3. The van der Waals surface area contributed by atoms with E-state index in [1.54, 1.807) is 43.3 Å². The van der Waals surface area contributed by atoms with Gasteiger partial charge in [-0.2, -0.15) is 5.26 Å². The van der Waals surface area contributed by atoms with E-state index in [0.29, 0.717) is 40.2 Å². The lowest BCUT2D eigenvalue weighted by atomic mass is 9.93. The van der Waals surface area contributed by atoms with Crippen molar-refractivity contribution in [3.63, 3.8) is 0 Å². The van der Waals surface area contributed by atoms with Gasteiger partial charge in [0.1, 0.15) is 54.9 Å². The quantitative estimate of drug-likeness (QED) is 0.134. The Morgan fingerprint density at radius 3 is 2.20 bits per heavy atom. The number of carbonyl (C=O) groups is 5. The van der Waals surface area contributed by atoms with Gasteiger partial charge in [-0.25, -0.2) is 0 Å². The molecule has 0 saturated carbocycles. The molecule has 0 radical (unpaired) electrons. The van der Waals surface area contributed by atoms with Crippen LogP contribution < -0.4 is 42.2 Å². The number of nitrogens with two attached hydrogens (primary N) is 2. The average molecular weight is 695 g/mol. The van der Waals surface area contributed by atoms with E-state index in [9.17, 15) is 34.3 Å². The van der Waals surface area contributed by atoms with Crippen molar-refractivity contribution in [2.75, 3.05) is 40.0 Å². The van der Waals surface area contributed by atoms with Crippen LogP contribution in [0.15, 0.2) is 36.4 Å². The molecule has 16 nitrogen and oxygen atoms in total. The molecule has 4 bridgehead atoms. The van der Waals surface area contributed by atoms with Gasteiger partial charge in [0.25, 0.3) is 0 Å². The number of carbonyl (C=O) groups excluding carboxylic acids is 5. The van der Waals surface area contributed by atoms with Gasteiger partial charge in [0, 0.05) is 44.6 Å². The predicted molar refractivity (Wildman–Crippen MR) is 182 cm³/mol. The van der Waals surface area contributed by atoms with E-state index in [4.69, 9.17) is 20.9 Å². The molecule has 1 aliphatic rings. The van der Waals surface area contributed by atoms with Gasteiger partial charge in [-0.15, -0.1) is 0 Å². The molecule has 0 fully saturated rings. The maximum absolute atomic E-state index is 14.1. The lowest BCUT2D eigenvalue weighted by Crippen LogP contribution is -2.56. The summed E-state index contributed by atoms with van der Waals surface area (Å²) in [7, 11) is 1.33. The molecule has 0 spiro atoms. The SMILES string of the molecule is CC[C@@H](C#N)NC(=O)[C@@H]1Cc2ccc(OCCN)c(c2)-c2cc(ccc2OCCN)[C@H](N(C)C(=O)[C@H](CO)NC(C)=O)C(=O)N[C@@H](C)C(=O)N1. The van der Waals surface area contributed by atoms with E-state index in [-0.39, 0.29) is 32.7 Å². The van der Waals surface area contributed by atoms with Crippen molar-refractivity contribution in [3.8, 4) is 28.7 Å². The smallest absolute Gasteiger partial charge is 0.248 e. The number of aliphatic hydroxyl groups excluding tert-OH is 1. The van der Waals surface area contributed by atoms with Crippen LogP contribution in [0.4, 0.5) is 0 Å². The molecule has 0 aliphatic carbocycles. The van der Waals surface area contributed by atoms with Crippen molar-refractivity contribution >= 4 is 29.5 Å². The fourth-order valence-corrected chi connectivity index (χ4v) is 5.38. The van der Waals surface area contributed by atoms with Crippen LogP contribution in [0.25, 0.3) is 11.1 Å². The van der Waals surface area contributed by atoms with Gasteiger partial charge < -0.3 is 52.2 Å². The normalized spacial score (nSPS) is 18.6. The molecular formula is C34H46N8O8. The minimum absolute atomic E-state index is 0.00845. The number of hydrogen-bond acceptors (Lipinski definition) is 11. The summed E-state index contributed by atoms with van der Waals surface area (Å²) in [6.07, 6.45) is 0.343. The number of hydrogen-bond donors (Lipinski definition) is 7. The Labute approximate surface area is 290 Å². The molecule has 5 atom stereocenters. The van der Waals surface area contributed by atoms with Gasteiger partial charge in [-0.3, -0.25) is 24.0 Å². The highest BCUT2D eigenvalue weighted by Crippen LogP contribution is 2.40. The Morgan fingerprint density at radius 1 is 1.02 bits per heavy atom. The summed E-state index contributed by atoms with van der Waals surface area (Å²) in [5.74, 6) is -2.66. The predicted octanol–water partition coefficient (Wildman–Crippen LogP) is -1.01. The molecule has 5 amide bonds. The third-order valence-corrected chi connectivity index (χ3v) is 7.95. The van der Waals surface area contributed by atoms with Crippen molar-refractivity contribution in [3.05, 3.63) is 47.5 Å². The Balaban J connectivity index is 2.31. The van der Waals surface area contributed by atoms with Gasteiger partial charge in [-0.1, -0.05) is 19.1 Å². The number of ether oxygens (including phenoxy) is 2. The van der Waals surface area contributed by atoms with Crippen molar-refractivity contribution in [2.45, 2.75) is 63.8 Å². The molecule has 9 N–H and O–H groups in total. The van der Waals surface area contributed by atoms with E-state index in [0.717, 1.165) is 4.90 Å². The molecule has 0 saturated heterocycles. The maximum Gasteiger partial charge on any atom is 0.248 e. The monoisotopic (exact) mass is 694 g/mol. The summed E-state index contributed by atoms with van der Waals surface area (Å²) in [5, 5.41) is 29.7. The molecule has 50 heavy (non-hydrogen) atoms. The van der Waals surface area contributed by atoms with Gasteiger partial charge >= 0.3 is 0 Å². The molecule has 0 aromatic heterocycles. The van der Waals surface area contributed by atoms with E-state index < -0.39 is 66.4 Å². The second kappa shape index (κ2) is 18.5. The number of rotatable bonds is 13. The highest BCUT2D eigenvalue weighted by Gasteiger charge is 2.36. The summed E-state index contributed by atoms with van der Waals surface area (Å²) in [4.78, 5) is 67.5. The first-order chi connectivity index (χ1) is 23.9. The number of likely N-dealkylation sites (N-methyl/N-ethyl adjacent to an activating group) is 1. The van der Waals surface area contributed by atoms with Gasteiger partial charge in [0.2, 0.25) is 29.5 Å². The van der Waals surface area contributed by atoms with Crippen LogP contribution in [0, 0.1) is 11.3 Å². The Morgan fingerprint density at radius 2 is 1.64 bits per heavy atom. The zero-order valence-corrected chi connectivity index (χ0v) is 28.7. The summed E-state index contributed by atoms with van der Waals surface area (Å²) in [6, 6.07) is 6.13. The minimum atomic E-state index is -1.39. The van der Waals surface area contributed by atoms with Gasteiger partial charge in [0.05, 0.1) is 12.7 Å². The van der Waals surface area contributed by atoms with Crippen LogP contribution in [0.5, 0.6) is 11.5 Å². The zero-order chi connectivity index (χ0) is 37.0. The summed E-state index contributed by atoms with van der Waals surface area (Å²) in [6.45, 7) is 4.30. The highest BCUT2D eigenvalue weighted by atomic mass is 16.5. The Bertz CT molecular complexity index is 1600.